The number of nitrogens with zero attached hydrogens (tertiary/aromatic N) is 2. The molecule has 19 heavy (non-hydrogen) atoms. The first kappa shape index (κ1) is 16.2. The SMILES string of the molecule is CC(C)NCc1cc(S(=O)(=O)N(C)C(C)C)cn1C. The Morgan fingerprint density at radius 2 is 1.89 bits per heavy atom. The van der Waals surface area contributed by atoms with Crippen molar-refractivity contribution in [2.75, 3.05) is 7.05 Å². The van der Waals surface area contributed by atoms with Gasteiger partial charge in [-0.2, -0.15) is 4.31 Å². The minimum atomic E-state index is -3.39. The van der Waals surface area contributed by atoms with Gasteiger partial charge in [0.05, 0.1) is 0 Å². The van der Waals surface area contributed by atoms with Crippen molar-refractivity contribution < 1.29 is 8.42 Å². The molecule has 0 spiro atoms. The standard InChI is InChI=1S/C13H25N3O2S/c1-10(2)14-8-12-7-13(9-15(12)5)19(17,18)16(6)11(3)4/h7,9-11,14H,8H2,1-6H3. The Bertz CT molecular complexity index is 518. The first-order chi connectivity index (χ1) is 8.66. The van der Waals surface area contributed by atoms with Crippen LogP contribution in [0.4, 0.5) is 0 Å². The molecule has 5 nitrogen and oxygen atoms in total. The van der Waals surface area contributed by atoms with Crippen molar-refractivity contribution >= 4 is 10.0 Å². The molecule has 0 unspecified atom stereocenters. The van der Waals surface area contributed by atoms with Gasteiger partial charge in [-0.25, -0.2) is 8.42 Å². The number of aryl methyl sites for hydroxylation is 1. The number of aromatic nitrogens is 1. The second kappa shape index (κ2) is 6.07. The van der Waals surface area contributed by atoms with Gasteiger partial charge in [0.25, 0.3) is 0 Å². The van der Waals surface area contributed by atoms with E-state index < -0.39 is 10.0 Å². The molecule has 0 atom stereocenters. The van der Waals surface area contributed by atoms with E-state index in [1.54, 1.807) is 19.3 Å². The van der Waals surface area contributed by atoms with Crippen LogP contribution < -0.4 is 5.32 Å². The number of hydrogen-bond acceptors (Lipinski definition) is 3. The molecule has 0 bridgehead atoms. The second-order valence-electron chi connectivity index (χ2n) is 5.43. The number of rotatable bonds is 6. The lowest BCUT2D eigenvalue weighted by Crippen LogP contribution is -2.32. The first-order valence-corrected chi connectivity index (χ1v) is 7.97. The van der Waals surface area contributed by atoms with Crippen LogP contribution in [0.25, 0.3) is 0 Å². The predicted octanol–water partition coefficient (Wildman–Crippen LogP) is 1.55. The highest BCUT2D eigenvalue weighted by Gasteiger charge is 2.24. The smallest absolute Gasteiger partial charge is 0.244 e. The zero-order chi connectivity index (χ0) is 14.8. The number of sulfonamides is 1. The third-order valence-electron chi connectivity index (χ3n) is 3.18. The minimum absolute atomic E-state index is 0.0533. The van der Waals surface area contributed by atoms with Gasteiger partial charge in [0.2, 0.25) is 10.0 Å². The van der Waals surface area contributed by atoms with Crippen LogP contribution in [0.1, 0.15) is 33.4 Å². The quantitative estimate of drug-likeness (QED) is 0.864. The van der Waals surface area contributed by atoms with Gasteiger partial charge in [-0.05, 0) is 19.9 Å². The van der Waals surface area contributed by atoms with Gasteiger partial charge >= 0.3 is 0 Å². The molecule has 6 heteroatoms. The Balaban J connectivity index is 3.00. The van der Waals surface area contributed by atoms with Crippen molar-refractivity contribution in [3.05, 3.63) is 18.0 Å². The lowest BCUT2D eigenvalue weighted by atomic mass is 10.3. The monoisotopic (exact) mass is 287 g/mol. The molecule has 0 saturated heterocycles. The summed E-state index contributed by atoms with van der Waals surface area (Å²) >= 11 is 0. The van der Waals surface area contributed by atoms with Gasteiger partial charge in [-0.15, -0.1) is 0 Å². The highest BCUT2D eigenvalue weighted by molar-refractivity contribution is 7.89. The van der Waals surface area contributed by atoms with E-state index in [9.17, 15) is 8.42 Å². The van der Waals surface area contributed by atoms with Crippen molar-refractivity contribution in [2.45, 2.75) is 51.2 Å². The van der Waals surface area contributed by atoms with E-state index in [1.807, 2.05) is 25.5 Å². The van der Waals surface area contributed by atoms with Gasteiger partial charge < -0.3 is 9.88 Å². The topological polar surface area (TPSA) is 54.3 Å². The fraction of sp³-hybridized carbons (Fsp3) is 0.692. The maximum Gasteiger partial charge on any atom is 0.244 e. The van der Waals surface area contributed by atoms with Crippen LogP contribution in [0, 0.1) is 0 Å². The predicted molar refractivity (Wildman–Crippen MR) is 77.5 cm³/mol. The first-order valence-electron chi connectivity index (χ1n) is 6.53. The Labute approximate surface area is 116 Å². The molecule has 1 aromatic rings. The Morgan fingerprint density at radius 3 is 2.37 bits per heavy atom. The van der Waals surface area contributed by atoms with Gasteiger partial charge in [0.15, 0.2) is 0 Å². The van der Waals surface area contributed by atoms with Crippen LogP contribution in [0.5, 0.6) is 0 Å². The molecule has 1 aromatic heterocycles. The molecule has 1 rings (SSSR count). The van der Waals surface area contributed by atoms with E-state index in [0.29, 0.717) is 17.5 Å². The summed E-state index contributed by atoms with van der Waals surface area (Å²) in [7, 11) is 0.0832. The maximum atomic E-state index is 12.4. The zero-order valence-corrected chi connectivity index (χ0v) is 13.5. The van der Waals surface area contributed by atoms with E-state index in [4.69, 9.17) is 0 Å². The number of hydrogen-bond donors (Lipinski definition) is 1. The van der Waals surface area contributed by atoms with Gasteiger partial charge in [0.1, 0.15) is 4.90 Å². The highest BCUT2D eigenvalue weighted by Crippen LogP contribution is 2.19. The average molecular weight is 287 g/mol. The van der Waals surface area contributed by atoms with Gasteiger partial charge in [-0.1, -0.05) is 13.8 Å². The summed E-state index contributed by atoms with van der Waals surface area (Å²) in [5.74, 6) is 0. The Kier molecular flexibility index (Phi) is 5.18. The lowest BCUT2D eigenvalue weighted by molar-refractivity contribution is 0.410. The Hall–Kier alpha value is -0.850. The lowest BCUT2D eigenvalue weighted by Gasteiger charge is -2.19. The normalized spacial score (nSPS) is 12.9. The number of nitrogens with one attached hydrogen (secondary N) is 1. The van der Waals surface area contributed by atoms with Crippen LogP contribution in [0.3, 0.4) is 0 Å². The van der Waals surface area contributed by atoms with Crippen molar-refractivity contribution in [3.63, 3.8) is 0 Å². The molecule has 1 N–H and O–H groups in total. The second-order valence-corrected chi connectivity index (χ2v) is 7.43. The van der Waals surface area contributed by atoms with Gasteiger partial charge in [0, 0.05) is 44.6 Å². The summed E-state index contributed by atoms with van der Waals surface area (Å²) in [6.07, 6.45) is 1.67. The summed E-state index contributed by atoms with van der Waals surface area (Å²) in [5, 5.41) is 3.29. The van der Waals surface area contributed by atoms with Crippen LogP contribution in [0.2, 0.25) is 0 Å². The molecule has 110 valence electrons. The summed E-state index contributed by atoms with van der Waals surface area (Å²) in [5.41, 5.74) is 0.962. The third kappa shape index (κ3) is 3.81. The van der Waals surface area contributed by atoms with Crippen molar-refractivity contribution in [2.24, 2.45) is 7.05 Å². The molecule has 0 aliphatic rings. The molecule has 0 fully saturated rings. The summed E-state index contributed by atoms with van der Waals surface area (Å²) in [6.45, 7) is 8.51. The van der Waals surface area contributed by atoms with Crippen molar-refractivity contribution in [3.8, 4) is 0 Å². The molecule has 0 radical (unpaired) electrons. The molecular weight excluding hydrogens is 262 g/mol. The molecule has 0 saturated carbocycles. The van der Waals surface area contributed by atoms with E-state index in [2.05, 4.69) is 19.2 Å². The van der Waals surface area contributed by atoms with Gasteiger partial charge in [-0.3, -0.25) is 0 Å². The van der Waals surface area contributed by atoms with Crippen molar-refractivity contribution in [1.29, 1.82) is 0 Å². The zero-order valence-electron chi connectivity index (χ0n) is 12.6. The molecule has 1 heterocycles. The van der Waals surface area contributed by atoms with Crippen molar-refractivity contribution in [1.82, 2.24) is 14.2 Å². The van der Waals surface area contributed by atoms with E-state index in [0.717, 1.165) is 5.69 Å². The fourth-order valence-electron chi connectivity index (χ4n) is 1.65. The van der Waals surface area contributed by atoms with Crippen LogP contribution in [-0.4, -0.2) is 36.4 Å². The van der Waals surface area contributed by atoms with E-state index in [-0.39, 0.29) is 6.04 Å². The third-order valence-corrected chi connectivity index (χ3v) is 5.18. The molecular formula is C13H25N3O2S. The summed E-state index contributed by atoms with van der Waals surface area (Å²) in [4.78, 5) is 0.353. The van der Waals surface area contributed by atoms with E-state index in [1.165, 1.54) is 4.31 Å². The summed E-state index contributed by atoms with van der Waals surface area (Å²) in [6, 6.07) is 2.06. The molecule has 0 aliphatic heterocycles. The van der Waals surface area contributed by atoms with E-state index >= 15 is 0 Å². The molecule has 0 amide bonds. The highest BCUT2D eigenvalue weighted by atomic mass is 32.2. The summed E-state index contributed by atoms with van der Waals surface area (Å²) < 4.78 is 28.0. The Morgan fingerprint density at radius 1 is 1.32 bits per heavy atom. The minimum Gasteiger partial charge on any atom is -0.352 e. The van der Waals surface area contributed by atoms with Crippen LogP contribution >= 0.6 is 0 Å². The van der Waals surface area contributed by atoms with Crippen LogP contribution in [0.15, 0.2) is 17.2 Å². The average Bonchev–Trinajstić information content (AvgIpc) is 2.67. The van der Waals surface area contributed by atoms with Crippen LogP contribution in [-0.2, 0) is 23.6 Å². The fourth-order valence-corrected chi connectivity index (χ4v) is 3.11. The molecule has 0 aliphatic carbocycles. The molecule has 0 aromatic carbocycles. The maximum absolute atomic E-state index is 12.4. The largest absolute Gasteiger partial charge is 0.352 e.